The summed E-state index contributed by atoms with van der Waals surface area (Å²) in [6.45, 7) is 2.43. The Morgan fingerprint density at radius 1 is 1.13 bits per heavy atom. The van der Waals surface area contributed by atoms with Crippen LogP contribution in [-0.4, -0.2) is 36.9 Å². The zero-order valence-corrected chi connectivity index (χ0v) is 21.3. The van der Waals surface area contributed by atoms with Crippen LogP contribution in [0.4, 0.5) is 13.2 Å². The Morgan fingerprint density at radius 2 is 2.00 bits per heavy atom. The highest BCUT2D eigenvalue weighted by Gasteiger charge is 2.31. The second-order valence-corrected chi connectivity index (χ2v) is 10.3. The quantitative estimate of drug-likeness (QED) is 0.278. The van der Waals surface area contributed by atoms with Crippen LogP contribution < -0.4 is 5.32 Å². The van der Waals surface area contributed by atoms with Gasteiger partial charge in [-0.05, 0) is 74.6 Å². The average Bonchev–Trinajstić information content (AvgIpc) is 3.52. The Hall–Kier alpha value is -4.21. The second-order valence-electron chi connectivity index (χ2n) is 10.3. The summed E-state index contributed by atoms with van der Waals surface area (Å²) in [4.78, 5) is 17.5. The van der Waals surface area contributed by atoms with Crippen molar-refractivity contribution < 1.29 is 18.0 Å². The summed E-state index contributed by atoms with van der Waals surface area (Å²) in [6, 6.07) is 13.0. The summed E-state index contributed by atoms with van der Waals surface area (Å²) in [7, 11) is 0. The van der Waals surface area contributed by atoms with E-state index in [0.29, 0.717) is 23.0 Å². The van der Waals surface area contributed by atoms with E-state index in [4.69, 9.17) is 0 Å². The fourth-order valence-electron chi connectivity index (χ4n) is 5.56. The van der Waals surface area contributed by atoms with Crippen molar-refractivity contribution in [2.24, 2.45) is 5.92 Å². The number of rotatable bonds is 5. The number of benzene rings is 2. The summed E-state index contributed by atoms with van der Waals surface area (Å²) in [5.41, 5.74) is 3.77. The predicted octanol–water partition coefficient (Wildman–Crippen LogP) is 6.29. The SMILES string of the molecule is Cc1cc(-c2n[nH]c3ccc(C(=O)NC4CCCC(Cn5ncc6ccc(C(F)(F)F)cc65)C4)cc23)ccn1. The fourth-order valence-corrected chi connectivity index (χ4v) is 5.56. The maximum atomic E-state index is 13.2. The van der Waals surface area contributed by atoms with E-state index in [1.165, 1.54) is 6.07 Å². The number of fused-ring (bicyclic) bond motifs is 2. The summed E-state index contributed by atoms with van der Waals surface area (Å²) >= 11 is 0. The van der Waals surface area contributed by atoms with Crippen molar-refractivity contribution in [3.8, 4) is 11.3 Å². The van der Waals surface area contributed by atoms with Gasteiger partial charge in [-0.3, -0.25) is 19.6 Å². The van der Waals surface area contributed by atoms with Crippen molar-refractivity contribution in [3.05, 3.63) is 77.7 Å². The molecule has 0 aliphatic heterocycles. The normalized spacial score (nSPS) is 18.1. The van der Waals surface area contributed by atoms with Gasteiger partial charge in [-0.1, -0.05) is 12.5 Å². The molecule has 2 atom stereocenters. The number of aryl methyl sites for hydroxylation is 1. The summed E-state index contributed by atoms with van der Waals surface area (Å²) in [6.07, 6.45) is 2.39. The molecule has 2 N–H and O–H groups in total. The third-order valence-corrected chi connectivity index (χ3v) is 7.52. The maximum Gasteiger partial charge on any atom is 0.416 e. The van der Waals surface area contributed by atoms with Crippen LogP contribution in [0.2, 0.25) is 0 Å². The highest BCUT2D eigenvalue weighted by atomic mass is 19.4. The highest BCUT2D eigenvalue weighted by molar-refractivity contribution is 6.01. The topological polar surface area (TPSA) is 88.5 Å². The van der Waals surface area contributed by atoms with Gasteiger partial charge >= 0.3 is 6.18 Å². The molecule has 1 aliphatic carbocycles. The first-order chi connectivity index (χ1) is 18.7. The van der Waals surface area contributed by atoms with Gasteiger partial charge in [0.05, 0.1) is 22.8 Å². The number of hydrogen-bond donors (Lipinski definition) is 2. The van der Waals surface area contributed by atoms with Gasteiger partial charge < -0.3 is 5.32 Å². The molecule has 1 fully saturated rings. The van der Waals surface area contributed by atoms with Gasteiger partial charge in [-0.15, -0.1) is 0 Å². The van der Waals surface area contributed by atoms with Crippen LogP contribution in [0.1, 0.15) is 47.3 Å². The molecule has 1 amide bonds. The maximum absolute atomic E-state index is 13.2. The van der Waals surface area contributed by atoms with Crippen LogP contribution in [0, 0.1) is 12.8 Å². The van der Waals surface area contributed by atoms with Gasteiger partial charge in [0.2, 0.25) is 0 Å². The van der Waals surface area contributed by atoms with Crippen LogP contribution in [0.25, 0.3) is 33.1 Å². The molecule has 1 aliphatic rings. The number of aromatic nitrogens is 5. The van der Waals surface area contributed by atoms with Crippen molar-refractivity contribution in [1.82, 2.24) is 30.3 Å². The molecule has 0 radical (unpaired) electrons. The van der Waals surface area contributed by atoms with Gasteiger partial charge in [-0.2, -0.15) is 23.4 Å². The molecule has 3 heterocycles. The first-order valence-corrected chi connectivity index (χ1v) is 13.0. The van der Waals surface area contributed by atoms with Crippen LogP contribution in [0.3, 0.4) is 0 Å². The smallest absolute Gasteiger partial charge is 0.349 e. The zero-order chi connectivity index (χ0) is 27.1. The first-order valence-electron chi connectivity index (χ1n) is 13.0. The minimum Gasteiger partial charge on any atom is -0.349 e. The highest BCUT2D eigenvalue weighted by Crippen LogP contribution is 2.33. The van der Waals surface area contributed by atoms with E-state index in [0.717, 1.165) is 65.7 Å². The molecule has 2 aromatic carbocycles. The number of carbonyl (C=O) groups excluding carboxylic acids is 1. The number of hydrogen-bond acceptors (Lipinski definition) is 4. The van der Waals surface area contributed by atoms with E-state index >= 15 is 0 Å². The van der Waals surface area contributed by atoms with Crippen LogP contribution in [0.5, 0.6) is 0 Å². The Labute approximate surface area is 222 Å². The summed E-state index contributed by atoms with van der Waals surface area (Å²) in [5.74, 6) is 0.0412. The van der Waals surface area contributed by atoms with E-state index in [9.17, 15) is 18.0 Å². The monoisotopic (exact) mass is 532 g/mol. The lowest BCUT2D eigenvalue weighted by atomic mass is 9.85. The second kappa shape index (κ2) is 9.83. The average molecular weight is 533 g/mol. The number of carbonyl (C=O) groups is 1. The molecule has 3 aromatic heterocycles. The van der Waals surface area contributed by atoms with E-state index in [-0.39, 0.29) is 17.9 Å². The number of aromatic amines is 1. The molecule has 10 heteroatoms. The minimum absolute atomic E-state index is 0.0221. The number of nitrogens with one attached hydrogen (secondary N) is 2. The third kappa shape index (κ3) is 5.10. The molecule has 7 nitrogen and oxygen atoms in total. The standard InChI is InChI=1S/C29H27F3N6O/c1-17-11-19(9-10-33-17)27-24-13-20(6-8-25(24)36-37-27)28(39)35-23-4-2-3-18(12-23)16-38-26-14-22(29(30,31)32)7-5-21(26)15-34-38/h5-11,13-15,18,23H,2-4,12,16H2,1H3,(H,35,39)(H,36,37). The number of halogens is 3. The largest absolute Gasteiger partial charge is 0.416 e. The minimum atomic E-state index is -4.40. The van der Waals surface area contributed by atoms with E-state index in [1.807, 2.05) is 31.2 Å². The fraction of sp³-hybridized carbons (Fsp3) is 0.310. The number of nitrogens with zero attached hydrogens (tertiary/aromatic N) is 4. The molecule has 39 heavy (non-hydrogen) atoms. The van der Waals surface area contributed by atoms with Gasteiger partial charge in [0.15, 0.2) is 0 Å². The third-order valence-electron chi connectivity index (χ3n) is 7.52. The number of H-pyrrole nitrogens is 1. The van der Waals surface area contributed by atoms with Crippen LogP contribution >= 0.6 is 0 Å². The van der Waals surface area contributed by atoms with E-state index < -0.39 is 11.7 Å². The number of alkyl halides is 3. The number of pyridine rings is 1. The molecule has 0 saturated heterocycles. The Balaban J connectivity index is 1.16. The lowest BCUT2D eigenvalue weighted by molar-refractivity contribution is -0.137. The molecule has 2 unspecified atom stereocenters. The molecular formula is C29H27F3N6O. The first kappa shape index (κ1) is 25.1. The summed E-state index contributed by atoms with van der Waals surface area (Å²) in [5, 5.41) is 16.6. The molecule has 1 saturated carbocycles. The van der Waals surface area contributed by atoms with Crippen molar-refractivity contribution >= 4 is 27.7 Å². The van der Waals surface area contributed by atoms with Gasteiger partial charge in [0.1, 0.15) is 5.69 Å². The van der Waals surface area contributed by atoms with Gasteiger partial charge in [0.25, 0.3) is 5.91 Å². The molecular weight excluding hydrogens is 505 g/mol. The molecule has 0 bridgehead atoms. The van der Waals surface area contributed by atoms with Crippen LogP contribution in [-0.2, 0) is 12.7 Å². The van der Waals surface area contributed by atoms with Crippen molar-refractivity contribution in [3.63, 3.8) is 0 Å². The van der Waals surface area contributed by atoms with Crippen molar-refractivity contribution in [1.29, 1.82) is 0 Å². The van der Waals surface area contributed by atoms with Crippen molar-refractivity contribution in [2.45, 2.75) is 51.4 Å². The molecule has 5 aromatic rings. The Kier molecular flexibility index (Phi) is 6.32. The Bertz CT molecular complexity index is 1670. The lowest BCUT2D eigenvalue weighted by Gasteiger charge is -2.30. The number of amides is 1. The van der Waals surface area contributed by atoms with Gasteiger partial charge in [0, 0.05) is 46.4 Å². The van der Waals surface area contributed by atoms with E-state index in [1.54, 1.807) is 23.1 Å². The summed E-state index contributed by atoms with van der Waals surface area (Å²) < 4.78 is 41.4. The Morgan fingerprint density at radius 3 is 2.82 bits per heavy atom. The van der Waals surface area contributed by atoms with Gasteiger partial charge in [-0.25, -0.2) is 0 Å². The zero-order valence-electron chi connectivity index (χ0n) is 21.3. The predicted molar refractivity (Wildman–Crippen MR) is 142 cm³/mol. The molecule has 0 spiro atoms. The molecule has 200 valence electrons. The van der Waals surface area contributed by atoms with Crippen LogP contribution in [0.15, 0.2) is 60.9 Å². The molecule has 6 rings (SSSR count). The van der Waals surface area contributed by atoms with E-state index in [2.05, 4.69) is 25.6 Å². The lowest BCUT2D eigenvalue weighted by Crippen LogP contribution is -2.39. The van der Waals surface area contributed by atoms with Crippen molar-refractivity contribution in [2.75, 3.05) is 0 Å².